The molecule has 0 unspecified atom stereocenters. The number of carboxylic acid groups (broad SMARTS) is 1. The van der Waals surface area contributed by atoms with Crippen LogP contribution >= 0.6 is 11.3 Å². The lowest BCUT2D eigenvalue weighted by Gasteiger charge is -2.10. The normalized spacial score (nSPS) is 10.2. The van der Waals surface area contributed by atoms with Crippen molar-refractivity contribution in [1.29, 1.82) is 0 Å². The second-order valence-electron chi connectivity index (χ2n) is 4.57. The monoisotopic (exact) mass is 305 g/mol. The molecule has 110 valence electrons. The molecule has 0 aliphatic carbocycles. The maximum atomic E-state index is 11.8. The lowest BCUT2D eigenvalue weighted by Crippen LogP contribution is -2.21. The molecular formula is C15H15NO4S. The van der Waals surface area contributed by atoms with E-state index in [4.69, 9.17) is 9.84 Å². The highest BCUT2D eigenvalue weighted by Crippen LogP contribution is 2.23. The van der Waals surface area contributed by atoms with Crippen LogP contribution in [0.15, 0.2) is 29.6 Å². The van der Waals surface area contributed by atoms with Gasteiger partial charge in [0.15, 0.2) is 6.61 Å². The van der Waals surface area contributed by atoms with Gasteiger partial charge in [-0.05, 0) is 42.5 Å². The molecule has 0 atom stereocenters. The molecule has 1 aromatic heterocycles. The van der Waals surface area contributed by atoms with E-state index < -0.39 is 5.97 Å². The molecule has 0 spiro atoms. The Morgan fingerprint density at radius 3 is 2.76 bits per heavy atom. The van der Waals surface area contributed by atoms with Crippen molar-refractivity contribution in [3.8, 4) is 5.75 Å². The molecule has 0 aliphatic heterocycles. The molecule has 0 bridgehead atoms. The van der Waals surface area contributed by atoms with Gasteiger partial charge in [0.2, 0.25) is 0 Å². The van der Waals surface area contributed by atoms with Crippen molar-refractivity contribution in [1.82, 2.24) is 0 Å². The molecule has 2 N–H and O–H groups in total. The average Bonchev–Trinajstić information content (AvgIpc) is 2.88. The molecule has 0 saturated heterocycles. The molecule has 0 radical (unpaired) electrons. The number of hydrogen-bond acceptors (Lipinski definition) is 4. The summed E-state index contributed by atoms with van der Waals surface area (Å²) in [4.78, 5) is 22.8. The van der Waals surface area contributed by atoms with Crippen molar-refractivity contribution in [2.75, 3.05) is 11.9 Å². The van der Waals surface area contributed by atoms with E-state index in [2.05, 4.69) is 5.32 Å². The van der Waals surface area contributed by atoms with Crippen LogP contribution in [0.2, 0.25) is 0 Å². The number of benzene rings is 1. The summed E-state index contributed by atoms with van der Waals surface area (Å²) >= 11 is 1.17. The number of carboxylic acids is 1. The van der Waals surface area contributed by atoms with Crippen LogP contribution in [0.3, 0.4) is 0 Å². The molecule has 1 heterocycles. The predicted octanol–water partition coefficient (Wildman–Crippen LogP) is 3.08. The third-order valence-electron chi connectivity index (χ3n) is 2.85. The van der Waals surface area contributed by atoms with Crippen LogP contribution in [0.4, 0.5) is 5.00 Å². The van der Waals surface area contributed by atoms with Gasteiger partial charge in [-0.25, -0.2) is 4.79 Å². The predicted molar refractivity (Wildman–Crippen MR) is 81.3 cm³/mol. The number of nitrogens with one attached hydrogen (secondary N) is 1. The Labute approximate surface area is 126 Å². The van der Waals surface area contributed by atoms with Gasteiger partial charge in [-0.1, -0.05) is 12.1 Å². The van der Waals surface area contributed by atoms with E-state index in [0.29, 0.717) is 10.8 Å². The zero-order valence-corrected chi connectivity index (χ0v) is 12.5. The van der Waals surface area contributed by atoms with Gasteiger partial charge in [0.25, 0.3) is 5.91 Å². The van der Waals surface area contributed by atoms with Crippen molar-refractivity contribution in [2.45, 2.75) is 13.8 Å². The molecule has 0 saturated carbocycles. The topological polar surface area (TPSA) is 75.6 Å². The minimum Gasteiger partial charge on any atom is -0.483 e. The summed E-state index contributed by atoms with van der Waals surface area (Å²) in [6.07, 6.45) is 0. The summed E-state index contributed by atoms with van der Waals surface area (Å²) in [6, 6.07) is 7.20. The Balaban J connectivity index is 1.98. The summed E-state index contributed by atoms with van der Waals surface area (Å²) < 4.78 is 5.47. The first kappa shape index (κ1) is 15.1. The van der Waals surface area contributed by atoms with Crippen molar-refractivity contribution < 1.29 is 19.4 Å². The second-order valence-corrected chi connectivity index (χ2v) is 5.49. The molecule has 2 rings (SSSR count). The van der Waals surface area contributed by atoms with E-state index in [9.17, 15) is 9.59 Å². The first-order chi connectivity index (χ1) is 9.97. The highest BCUT2D eigenvalue weighted by Gasteiger charge is 2.14. The fourth-order valence-electron chi connectivity index (χ4n) is 1.74. The van der Waals surface area contributed by atoms with Gasteiger partial charge in [-0.3, -0.25) is 4.79 Å². The number of rotatable bonds is 5. The van der Waals surface area contributed by atoms with Gasteiger partial charge in [0.1, 0.15) is 10.8 Å². The molecule has 5 nitrogen and oxygen atoms in total. The van der Waals surface area contributed by atoms with Gasteiger partial charge < -0.3 is 15.2 Å². The number of aromatic carboxylic acids is 1. The van der Waals surface area contributed by atoms with Gasteiger partial charge in [-0.2, -0.15) is 0 Å². The molecular weight excluding hydrogens is 290 g/mol. The van der Waals surface area contributed by atoms with Crippen LogP contribution in [0, 0.1) is 13.8 Å². The Morgan fingerprint density at radius 2 is 2.05 bits per heavy atom. The number of thiophene rings is 1. The van der Waals surface area contributed by atoms with Crippen LogP contribution in [0.1, 0.15) is 21.5 Å². The Bertz CT molecular complexity index is 678. The van der Waals surface area contributed by atoms with E-state index in [-0.39, 0.29) is 18.1 Å². The summed E-state index contributed by atoms with van der Waals surface area (Å²) in [5.41, 5.74) is 2.07. The van der Waals surface area contributed by atoms with Gasteiger partial charge in [0, 0.05) is 0 Å². The number of anilines is 1. The van der Waals surface area contributed by atoms with Crippen molar-refractivity contribution in [3.63, 3.8) is 0 Å². The molecule has 6 heteroatoms. The summed E-state index contributed by atoms with van der Waals surface area (Å²) in [6.45, 7) is 3.67. The summed E-state index contributed by atoms with van der Waals surface area (Å²) in [5, 5.41) is 13.4. The summed E-state index contributed by atoms with van der Waals surface area (Å²) in [7, 11) is 0. The van der Waals surface area contributed by atoms with Gasteiger partial charge in [-0.15, -0.1) is 11.3 Å². The van der Waals surface area contributed by atoms with Crippen molar-refractivity contribution in [2.24, 2.45) is 0 Å². The standard InChI is InChI=1S/C15H15NO4S/c1-9-3-4-10(2)12(7-9)20-8-13(17)16-14-11(15(18)19)5-6-21-14/h3-7H,8H2,1-2H3,(H,16,17)(H,18,19). The molecule has 1 aromatic carbocycles. The van der Waals surface area contributed by atoms with Crippen LogP contribution in [0.25, 0.3) is 0 Å². The van der Waals surface area contributed by atoms with E-state index in [1.807, 2.05) is 32.0 Å². The van der Waals surface area contributed by atoms with E-state index >= 15 is 0 Å². The minimum atomic E-state index is -1.07. The van der Waals surface area contributed by atoms with Crippen molar-refractivity contribution in [3.05, 3.63) is 46.3 Å². The Morgan fingerprint density at radius 1 is 1.29 bits per heavy atom. The highest BCUT2D eigenvalue weighted by molar-refractivity contribution is 7.14. The van der Waals surface area contributed by atoms with E-state index in [1.54, 1.807) is 5.38 Å². The van der Waals surface area contributed by atoms with Gasteiger partial charge in [0.05, 0.1) is 5.56 Å². The highest BCUT2D eigenvalue weighted by atomic mass is 32.1. The SMILES string of the molecule is Cc1ccc(C)c(OCC(=O)Nc2sccc2C(=O)O)c1. The maximum absolute atomic E-state index is 11.8. The van der Waals surface area contributed by atoms with Crippen LogP contribution in [0.5, 0.6) is 5.75 Å². The molecule has 21 heavy (non-hydrogen) atoms. The fourth-order valence-corrected chi connectivity index (χ4v) is 2.54. The fraction of sp³-hybridized carbons (Fsp3) is 0.200. The second kappa shape index (κ2) is 6.41. The minimum absolute atomic E-state index is 0.0834. The Kier molecular flexibility index (Phi) is 4.59. The number of hydrogen-bond donors (Lipinski definition) is 2. The molecule has 2 aromatic rings. The zero-order valence-electron chi connectivity index (χ0n) is 11.7. The van der Waals surface area contributed by atoms with Crippen LogP contribution in [-0.2, 0) is 4.79 Å². The number of aryl methyl sites for hydroxylation is 2. The lowest BCUT2D eigenvalue weighted by atomic mass is 10.1. The third-order valence-corrected chi connectivity index (χ3v) is 3.68. The number of ether oxygens (including phenoxy) is 1. The first-order valence-electron chi connectivity index (χ1n) is 6.28. The first-order valence-corrected chi connectivity index (χ1v) is 7.16. The van der Waals surface area contributed by atoms with E-state index in [1.165, 1.54) is 17.4 Å². The number of carbonyl (C=O) groups is 2. The number of carbonyl (C=O) groups excluding carboxylic acids is 1. The quantitative estimate of drug-likeness (QED) is 0.890. The largest absolute Gasteiger partial charge is 0.483 e. The number of amides is 1. The molecule has 0 fully saturated rings. The van der Waals surface area contributed by atoms with Gasteiger partial charge >= 0.3 is 5.97 Å². The third kappa shape index (κ3) is 3.82. The Hall–Kier alpha value is -2.34. The molecule has 1 amide bonds. The zero-order chi connectivity index (χ0) is 15.4. The maximum Gasteiger partial charge on any atom is 0.338 e. The molecule has 0 aliphatic rings. The van der Waals surface area contributed by atoms with Crippen LogP contribution in [-0.4, -0.2) is 23.6 Å². The van der Waals surface area contributed by atoms with Crippen molar-refractivity contribution >= 4 is 28.2 Å². The average molecular weight is 305 g/mol. The van der Waals surface area contributed by atoms with E-state index in [0.717, 1.165) is 11.1 Å². The van der Waals surface area contributed by atoms with Crippen LogP contribution < -0.4 is 10.1 Å². The lowest BCUT2D eigenvalue weighted by molar-refractivity contribution is -0.118. The smallest absolute Gasteiger partial charge is 0.338 e. The summed E-state index contributed by atoms with van der Waals surface area (Å²) in [5.74, 6) is -0.808.